The van der Waals surface area contributed by atoms with E-state index < -0.39 is 0 Å². The van der Waals surface area contributed by atoms with E-state index in [1.54, 1.807) is 11.3 Å². The largest absolute Gasteiger partial charge is 0.306 e. The maximum Gasteiger partial charge on any atom is 0.107 e. The third kappa shape index (κ3) is 3.67. The van der Waals surface area contributed by atoms with Gasteiger partial charge >= 0.3 is 0 Å². The Morgan fingerprint density at radius 1 is 1.30 bits per heavy atom. The van der Waals surface area contributed by atoms with Crippen molar-refractivity contribution in [1.29, 1.82) is 0 Å². The third-order valence-corrected chi connectivity index (χ3v) is 4.09. The molecule has 0 atom stereocenters. The van der Waals surface area contributed by atoms with Crippen LogP contribution in [0.25, 0.3) is 0 Å². The van der Waals surface area contributed by atoms with Crippen molar-refractivity contribution in [2.24, 2.45) is 7.05 Å². The molecule has 1 N–H and O–H groups in total. The van der Waals surface area contributed by atoms with Crippen molar-refractivity contribution in [2.75, 3.05) is 0 Å². The average Bonchev–Trinajstić information content (AvgIpc) is 2.95. The van der Waals surface area contributed by atoms with Gasteiger partial charge < -0.3 is 5.32 Å². The average molecular weight is 292 g/mol. The monoisotopic (exact) mass is 292 g/mol. The summed E-state index contributed by atoms with van der Waals surface area (Å²) in [5.74, 6) is 0. The molecule has 110 valence electrons. The van der Waals surface area contributed by atoms with Crippen molar-refractivity contribution >= 4 is 11.3 Å². The first-order valence-electron chi connectivity index (χ1n) is 7.07. The Hall–Kier alpha value is -1.20. The summed E-state index contributed by atoms with van der Waals surface area (Å²) >= 11 is 1.73. The Labute approximate surface area is 125 Å². The lowest BCUT2D eigenvalue weighted by molar-refractivity contribution is 0.568. The van der Waals surface area contributed by atoms with Crippen LogP contribution in [0.1, 0.15) is 49.7 Å². The first-order valence-corrected chi connectivity index (χ1v) is 7.95. The van der Waals surface area contributed by atoms with E-state index in [0.717, 1.165) is 24.5 Å². The molecule has 5 heteroatoms. The molecule has 0 amide bonds. The van der Waals surface area contributed by atoms with Crippen LogP contribution in [-0.4, -0.2) is 14.8 Å². The molecule has 20 heavy (non-hydrogen) atoms. The van der Waals surface area contributed by atoms with Crippen molar-refractivity contribution in [3.8, 4) is 0 Å². The lowest BCUT2D eigenvalue weighted by Crippen LogP contribution is -2.15. The van der Waals surface area contributed by atoms with Crippen LogP contribution in [0.5, 0.6) is 0 Å². The lowest BCUT2D eigenvalue weighted by Gasteiger charge is -2.14. The van der Waals surface area contributed by atoms with Gasteiger partial charge in [-0.25, -0.2) is 4.98 Å². The standard InChI is InChI=1S/C15H24N4S/c1-6-12-11(9-19(5)18-12)7-16-8-14-17-13(10-20-14)15(2,3)4/h9-10,16H,6-8H2,1-5H3. The molecule has 2 aromatic heterocycles. The summed E-state index contributed by atoms with van der Waals surface area (Å²) in [6.45, 7) is 10.4. The van der Waals surface area contributed by atoms with E-state index in [9.17, 15) is 0 Å². The molecule has 0 radical (unpaired) electrons. The molecule has 0 aliphatic heterocycles. The fourth-order valence-corrected chi connectivity index (χ4v) is 3.06. The molecule has 0 unspecified atom stereocenters. The zero-order valence-electron chi connectivity index (χ0n) is 13.0. The Balaban J connectivity index is 1.91. The molecule has 0 aliphatic rings. The molecule has 2 aromatic rings. The minimum Gasteiger partial charge on any atom is -0.306 e. The second kappa shape index (κ2) is 6.06. The van der Waals surface area contributed by atoms with E-state index >= 15 is 0 Å². The van der Waals surface area contributed by atoms with Gasteiger partial charge in [0.2, 0.25) is 0 Å². The molecule has 0 fully saturated rings. The summed E-state index contributed by atoms with van der Waals surface area (Å²) in [6.07, 6.45) is 3.07. The van der Waals surface area contributed by atoms with E-state index in [-0.39, 0.29) is 5.41 Å². The van der Waals surface area contributed by atoms with Gasteiger partial charge in [-0.15, -0.1) is 11.3 Å². The predicted molar refractivity (Wildman–Crippen MR) is 83.9 cm³/mol. The highest BCUT2D eigenvalue weighted by Crippen LogP contribution is 2.23. The van der Waals surface area contributed by atoms with E-state index in [4.69, 9.17) is 4.98 Å². The molecule has 0 saturated carbocycles. The maximum atomic E-state index is 4.70. The van der Waals surface area contributed by atoms with Gasteiger partial charge in [0.15, 0.2) is 0 Å². The van der Waals surface area contributed by atoms with E-state index in [2.05, 4.69) is 49.7 Å². The summed E-state index contributed by atoms with van der Waals surface area (Å²) in [5, 5.41) is 11.2. The number of rotatable bonds is 5. The normalized spacial score (nSPS) is 12.1. The van der Waals surface area contributed by atoms with Gasteiger partial charge in [0.1, 0.15) is 5.01 Å². The fourth-order valence-electron chi connectivity index (χ4n) is 2.07. The fraction of sp³-hybridized carbons (Fsp3) is 0.600. The second-order valence-electron chi connectivity index (χ2n) is 6.11. The van der Waals surface area contributed by atoms with Gasteiger partial charge in [0, 0.05) is 42.7 Å². The van der Waals surface area contributed by atoms with Crippen LogP contribution in [0.4, 0.5) is 0 Å². The molecule has 0 bridgehead atoms. The Kier molecular flexibility index (Phi) is 4.60. The number of aromatic nitrogens is 3. The van der Waals surface area contributed by atoms with Crippen LogP contribution in [-0.2, 0) is 32.0 Å². The summed E-state index contributed by atoms with van der Waals surface area (Å²) in [7, 11) is 1.97. The number of hydrogen-bond donors (Lipinski definition) is 1. The molecule has 0 aromatic carbocycles. The van der Waals surface area contributed by atoms with Crippen LogP contribution < -0.4 is 5.32 Å². The van der Waals surface area contributed by atoms with Crippen molar-refractivity contribution in [3.63, 3.8) is 0 Å². The SMILES string of the molecule is CCc1nn(C)cc1CNCc1nc(C(C)(C)C)cs1. The minimum atomic E-state index is 0.132. The lowest BCUT2D eigenvalue weighted by atomic mass is 9.93. The first kappa shape index (κ1) is 15.2. The molecule has 2 heterocycles. The highest BCUT2D eigenvalue weighted by atomic mass is 32.1. The first-order chi connectivity index (χ1) is 9.40. The Bertz CT molecular complexity index is 563. The topological polar surface area (TPSA) is 42.7 Å². The van der Waals surface area contributed by atoms with E-state index in [1.807, 2.05) is 11.7 Å². The van der Waals surface area contributed by atoms with Crippen LogP contribution in [0.15, 0.2) is 11.6 Å². The van der Waals surface area contributed by atoms with Gasteiger partial charge in [-0.05, 0) is 6.42 Å². The van der Waals surface area contributed by atoms with Crippen molar-refractivity contribution < 1.29 is 0 Å². The molecule has 0 spiro atoms. The van der Waals surface area contributed by atoms with Gasteiger partial charge in [-0.3, -0.25) is 4.68 Å². The van der Waals surface area contributed by atoms with Crippen LogP contribution in [0, 0.1) is 0 Å². The van der Waals surface area contributed by atoms with Crippen molar-refractivity contribution in [2.45, 2.75) is 52.6 Å². The minimum absolute atomic E-state index is 0.132. The summed E-state index contributed by atoms with van der Waals surface area (Å²) in [4.78, 5) is 4.70. The highest BCUT2D eigenvalue weighted by Gasteiger charge is 2.17. The van der Waals surface area contributed by atoms with Crippen molar-refractivity contribution in [3.05, 3.63) is 33.5 Å². The third-order valence-electron chi connectivity index (χ3n) is 3.24. The zero-order valence-corrected chi connectivity index (χ0v) is 13.8. The van der Waals surface area contributed by atoms with Crippen LogP contribution in [0.3, 0.4) is 0 Å². The van der Waals surface area contributed by atoms with Gasteiger partial charge in [0.25, 0.3) is 0 Å². The summed E-state index contributed by atoms with van der Waals surface area (Å²) < 4.78 is 1.89. The van der Waals surface area contributed by atoms with Gasteiger partial charge in [0.05, 0.1) is 11.4 Å². The van der Waals surface area contributed by atoms with Gasteiger partial charge in [-0.2, -0.15) is 5.10 Å². The van der Waals surface area contributed by atoms with Crippen LogP contribution >= 0.6 is 11.3 Å². The molecular formula is C15H24N4S. The predicted octanol–water partition coefficient (Wildman–Crippen LogP) is 3.03. The summed E-state index contributed by atoms with van der Waals surface area (Å²) in [5.41, 5.74) is 3.76. The molecular weight excluding hydrogens is 268 g/mol. The van der Waals surface area contributed by atoms with Crippen LogP contribution in [0.2, 0.25) is 0 Å². The summed E-state index contributed by atoms with van der Waals surface area (Å²) in [6, 6.07) is 0. The smallest absolute Gasteiger partial charge is 0.107 e. The molecule has 0 aliphatic carbocycles. The van der Waals surface area contributed by atoms with E-state index in [1.165, 1.54) is 17.0 Å². The Morgan fingerprint density at radius 3 is 2.65 bits per heavy atom. The number of hydrogen-bond acceptors (Lipinski definition) is 4. The Morgan fingerprint density at radius 2 is 2.05 bits per heavy atom. The molecule has 2 rings (SSSR count). The number of thiazole rings is 1. The maximum absolute atomic E-state index is 4.70. The second-order valence-corrected chi connectivity index (χ2v) is 7.05. The quantitative estimate of drug-likeness (QED) is 0.921. The van der Waals surface area contributed by atoms with E-state index in [0.29, 0.717) is 0 Å². The van der Waals surface area contributed by atoms with Crippen molar-refractivity contribution in [1.82, 2.24) is 20.1 Å². The highest BCUT2D eigenvalue weighted by molar-refractivity contribution is 7.09. The number of aryl methyl sites for hydroxylation is 2. The zero-order chi connectivity index (χ0) is 14.8. The molecule has 0 saturated heterocycles. The number of nitrogens with zero attached hydrogens (tertiary/aromatic N) is 3. The number of nitrogens with one attached hydrogen (secondary N) is 1. The van der Waals surface area contributed by atoms with Gasteiger partial charge in [-0.1, -0.05) is 27.7 Å². The molecule has 4 nitrogen and oxygen atoms in total.